The van der Waals surface area contributed by atoms with Crippen molar-refractivity contribution in [3.63, 3.8) is 0 Å². The van der Waals surface area contributed by atoms with Crippen LogP contribution >= 0.6 is 0 Å². The SMILES string of the molecule is CN1CCCC(NCc2ccc([C@H]3COc4ccccc4O3)cc2)C1=O. The van der Waals surface area contributed by atoms with Gasteiger partial charge in [0.15, 0.2) is 17.6 Å². The number of carbonyl (C=O) groups excluding carboxylic acids is 1. The van der Waals surface area contributed by atoms with Crippen LogP contribution < -0.4 is 14.8 Å². The van der Waals surface area contributed by atoms with Gasteiger partial charge >= 0.3 is 0 Å². The van der Waals surface area contributed by atoms with E-state index in [1.165, 1.54) is 0 Å². The van der Waals surface area contributed by atoms with Crippen LogP contribution in [0, 0.1) is 0 Å². The molecule has 136 valence electrons. The molecule has 5 heteroatoms. The lowest BCUT2D eigenvalue weighted by atomic mass is 10.0. The molecule has 0 aliphatic carbocycles. The molecular formula is C21H24N2O3. The van der Waals surface area contributed by atoms with Gasteiger partial charge in [-0.15, -0.1) is 0 Å². The summed E-state index contributed by atoms with van der Waals surface area (Å²) in [5.74, 6) is 1.78. The number of hydrogen-bond acceptors (Lipinski definition) is 4. The highest BCUT2D eigenvalue weighted by Gasteiger charge is 2.26. The molecule has 26 heavy (non-hydrogen) atoms. The van der Waals surface area contributed by atoms with Crippen LogP contribution in [0.15, 0.2) is 48.5 Å². The third-order valence-corrected chi connectivity index (χ3v) is 5.07. The Balaban J connectivity index is 1.36. The molecule has 2 aliphatic rings. The summed E-state index contributed by atoms with van der Waals surface area (Å²) in [6.07, 6.45) is 1.87. The minimum atomic E-state index is -0.0968. The van der Waals surface area contributed by atoms with Gasteiger partial charge < -0.3 is 19.7 Å². The van der Waals surface area contributed by atoms with Crippen LogP contribution in [0.5, 0.6) is 11.5 Å². The lowest BCUT2D eigenvalue weighted by molar-refractivity contribution is -0.134. The molecule has 1 N–H and O–H groups in total. The number of rotatable bonds is 4. The minimum Gasteiger partial charge on any atom is -0.485 e. The number of carbonyl (C=O) groups is 1. The molecule has 1 unspecified atom stereocenters. The van der Waals surface area contributed by atoms with Crippen molar-refractivity contribution in [3.05, 3.63) is 59.7 Å². The fraction of sp³-hybridized carbons (Fsp3) is 0.381. The summed E-state index contributed by atoms with van der Waals surface area (Å²) in [6.45, 7) is 2.06. The third-order valence-electron chi connectivity index (χ3n) is 5.07. The van der Waals surface area contributed by atoms with Gasteiger partial charge in [0, 0.05) is 20.1 Å². The summed E-state index contributed by atoms with van der Waals surface area (Å²) in [5.41, 5.74) is 2.25. The number of likely N-dealkylation sites (N-methyl/N-ethyl adjacent to an activating group) is 1. The van der Waals surface area contributed by atoms with E-state index in [-0.39, 0.29) is 18.1 Å². The van der Waals surface area contributed by atoms with E-state index in [1.807, 2.05) is 36.2 Å². The van der Waals surface area contributed by atoms with Crippen molar-refractivity contribution in [1.82, 2.24) is 10.2 Å². The number of amides is 1. The first-order valence-electron chi connectivity index (χ1n) is 9.16. The van der Waals surface area contributed by atoms with Gasteiger partial charge in [0.1, 0.15) is 6.61 Å². The summed E-state index contributed by atoms with van der Waals surface area (Å²) in [6, 6.07) is 16.0. The molecule has 2 aromatic rings. The first-order valence-corrected chi connectivity index (χ1v) is 9.16. The molecular weight excluding hydrogens is 328 g/mol. The van der Waals surface area contributed by atoms with Gasteiger partial charge in [-0.25, -0.2) is 0 Å². The molecule has 5 nitrogen and oxygen atoms in total. The van der Waals surface area contributed by atoms with Crippen molar-refractivity contribution < 1.29 is 14.3 Å². The van der Waals surface area contributed by atoms with Crippen LogP contribution in [0.1, 0.15) is 30.1 Å². The molecule has 1 amide bonds. The maximum Gasteiger partial charge on any atom is 0.239 e. The highest BCUT2D eigenvalue weighted by molar-refractivity contribution is 5.82. The monoisotopic (exact) mass is 352 g/mol. The largest absolute Gasteiger partial charge is 0.485 e. The number of benzene rings is 2. The Labute approximate surface area is 153 Å². The van der Waals surface area contributed by atoms with E-state index in [1.54, 1.807) is 0 Å². The maximum atomic E-state index is 12.1. The lowest BCUT2D eigenvalue weighted by Gasteiger charge is -2.30. The predicted octanol–water partition coefficient (Wildman–Crippen LogP) is 2.91. The van der Waals surface area contributed by atoms with Crippen LogP contribution in [0.4, 0.5) is 0 Å². The number of likely N-dealkylation sites (tertiary alicyclic amines) is 1. The van der Waals surface area contributed by atoms with Crippen molar-refractivity contribution >= 4 is 5.91 Å². The topological polar surface area (TPSA) is 50.8 Å². The van der Waals surface area contributed by atoms with Crippen molar-refractivity contribution in [2.75, 3.05) is 20.2 Å². The number of fused-ring (bicyclic) bond motifs is 1. The molecule has 1 fully saturated rings. The molecule has 0 spiro atoms. The molecule has 0 saturated carbocycles. The summed E-state index contributed by atoms with van der Waals surface area (Å²) in [4.78, 5) is 13.9. The molecule has 0 bridgehead atoms. The number of para-hydroxylation sites is 2. The van der Waals surface area contributed by atoms with Crippen LogP contribution in [-0.2, 0) is 11.3 Å². The molecule has 1 saturated heterocycles. The van der Waals surface area contributed by atoms with Gasteiger partial charge in [-0.05, 0) is 36.1 Å². The van der Waals surface area contributed by atoms with Gasteiger partial charge in [0.05, 0.1) is 6.04 Å². The van der Waals surface area contributed by atoms with E-state index >= 15 is 0 Å². The summed E-state index contributed by atoms with van der Waals surface area (Å²) < 4.78 is 11.8. The van der Waals surface area contributed by atoms with Gasteiger partial charge in [-0.1, -0.05) is 36.4 Å². The van der Waals surface area contributed by atoms with E-state index in [0.29, 0.717) is 13.2 Å². The van der Waals surface area contributed by atoms with Crippen molar-refractivity contribution in [2.45, 2.75) is 31.5 Å². The zero-order valence-corrected chi connectivity index (χ0v) is 15.0. The van der Waals surface area contributed by atoms with Crippen molar-refractivity contribution in [1.29, 1.82) is 0 Å². The summed E-state index contributed by atoms with van der Waals surface area (Å²) in [5, 5.41) is 3.38. The van der Waals surface area contributed by atoms with Gasteiger partial charge in [-0.3, -0.25) is 4.79 Å². The normalized spacial score (nSPS) is 22.3. The number of ether oxygens (including phenoxy) is 2. The number of hydrogen-bond donors (Lipinski definition) is 1. The van der Waals surface area contributed by atoms with Crippen molar-refractivity contribution in [2.24, 2.45) is 0 Å². The Morgan fingerprint density at radius 2 is 1.88 bits per heavy atom. The fourth-order valence-electron chi connectivity index (χ4n) is 3.50. The highest BCUT2D eigenvalue weighted by atomic mass is 16.6. The molecule has 4 rings (SSSR count). The van der Waals surface area contributed by atoms with E-state index in [0.717, 1.165) is 42.0 Å². The smallest absolute Gasteiger partial charge is 0.239 e. The number of piperidine rings is 1. The predicted molar refractivity (Wildman–Crippen MR) is 99.2 cm³/mol. The molecule has 2 atom stereocenters. The number of nitrogens with zero attached hydrogens (tertiary/aromatic N) is 1. The average Bonchev–Trinajstić information content (AvgIpc) is 2.69. The zero-order chi connectivity index (χ0) is 17.9. The van der Waals surface area contributed by atoms with E-state index in [2.05, 4.69) is 29.6 Å². The zero-order valence-electron chi connectivity index (χ0n) is 15.0. The van der Waals surface area contributed by atoms with Crippen LogP contribution in [0.25, 0.3) is 0 Å². The van der Waals surface area contributed by atoms with Gasteiger partial charge in [0.25, 0.3) is 0 Å². The second-order valence-electron chi connectivity index (χ2n) is 6.94. The van der Waals surface area contributed by atoms with Gasteiger partial charge in [0.2, 0.25) is 5.91 Å². The molecule has 2 heterocycles. The van der Waals surface area contributed by atoms with E-state index < -0.39 is 0 Å². The van der Waals surface area contributed by atoms with Crippen LogP contribution in [0.3, 0.4) is 0 Å². The Bertz CT molecular complexity index is 775. The Hall–Kier alpha value is -2.53. The first-order chi connectivity index (χ1) is 12.7. The summed E-state index contributed by atoms with van der Waals surface area (Å²) in [7, 11) is 1.87. The first kappa shape index (κ1) is 16.9. The van der Waals surface area contributed by atoms with Gasteiger partial charge in [-0.2, -0.15) is 0 Å². The van der Waals surface area contributed by atoms with Crippen molar-refractivity contribution in [3.8, 4) is 11.5 Å². The molecule has 2 aliphatic heterocycles. The average molecular weight is 352 g/mol. The quantitative estimate of drug-likeness (QED) is 0.919. The molecule has 0 aromatic heterocycles. The van der Waals surface area contributed by atoms with Crippen LogP contribution in [-0.4, -0.2) is 37.0 Å². The lowest BCUT2D eigenvalue weighted by Crippen LogP contribution is -2.48. The second-order valence-corrected chi connectivity index (χ2v) is 6.94. The standard InChI is InChI=1S/C21H24N2O3/c1-23-12-4-5-17(21(23)24)22-13-15-8-10-16(11-9-15)20-14-25-18-6-2-3-7-19(18)26-20/h2-3,6-11,17,20,22H,4-5,12-14H2,1H3/t17?,20-/m1/s1. The molecule has 2 aromatic carbocycles. The second kappa shape index (κ2) is 7.38. The van der Waals surface area contributed by atoms with Crippen LogP contribution in [0.2, 0.25) is 0 Å². The summed E-state index contributed by atoms with van der Waals surface area (Å²) >= 11 is 0. The Kier molecular flexibility index (Phi) is 4.80. The molecule has 0 radical (unpaired) electrons. The Morgan fingerprint density at radius 3 is 2.69 bits per heavy atom. The van der Waals surface area contributed by atoms with E-state index in [9.17, 15) is 4.79 Å². The minimum absolute atomic E-state index is 0.0694. The maximum absolute atomic E-state index is 12.1. The number of nitrogens with one attached hydrogen (secondary N) is 1. The highest BCUT2D eigenvalue weighted by Crippen LogP contribution is 2.35. The fourth-order valence-corrected chi connectivity index (χ4v) is 3.50. The third kappa shape index (κ3) is 3.53. The van der Waals surface area contributed by atoms with E-state index in [4.69, 9.17) is 9.47 Å². The Morgan fingerprint density at radius 1 is 1.12 bits per heavy atom.